The van der Waals surface area contributed by atoms with E-state index in [0.717, 1.165) is 55.2 Å². The Kier molecular flexibility index (Phi) is 3.41. The number of aromatic nitrogens is 3. The predicted octanol–water partition coefficient (Wildman–Crippen LogP) is 2.67. The van der Waals surface area contributed by atoms with Gasteiger partial charge in [-0.05, 0) is 42.5 Å². The quantitative estimate of drug-likeness (QED) is 0.687. The van der Waals surface area contributed by atoms with Gasteiger partial charge in [0.15, 0.2) is 0 Å². The smallest absolute Gasteiger partial charge is 0.261 e. The van der Waals surface area contributed by atoms with Crippen LogP contribution >= 0.6 is 0 Å². The van der Waals surface area contributed by atoms with E-state index in [1.54, 1.807) is 6.20 Å². The van der Waals surface area contributed by atoms with Crippen molar-refractivity contribution in [3.05, 3.63) is 58.8 Å². The number of nitrogens with zero attached hydrogens (tertiary/aromatic N) is 3. The van der Waals surface area contributed by atoms with Gasteiger partial charge in [0.1, 0.15) is 5.82 Å². The summed E-state index contributed by atoms with van der Waals surface area (Å²) in [6.07, 6.45) is 3.60. The lowest BCUT2D eigenvalue weighted by atomic mass is 9.91. The van der Waals surface area contributed by atoms with E-state index in [1.165, 1.54) is 0 Å². The third kappa shape index (κ3) is 2.46. The van der Waals surface area contributed by atoms with Gasteiger partial charge in [0.05, 0.1) is 23.2 Å². The molecule has 5 heteroatoms. The molecule has 25 heavy (non-hydrogen) atoms. The molecule has 0 N–H and O–H groups in total. The third-order valence-corrected chi connectivity index (χ3v) is 5.49. The zero-order chi connectivity index (χ0) is 16.8. The molecule has 1 saturated heterocycles. The average Bonchev–Trinajstić information content (AvgIpc) is 3.01. The lowest BCUT2D eigenvalue weighted by Crippen LogP contribution is -2.25. The average molecular weight is 333 g/mol. The van der Waals surface area contributed by atoms with Crippen molar-refractivity contribution in [2.45, 2.75) is 19.4 Å². The topological polar surface area (TPSA) is 57.0 Å². The number of benzene rings is 1. The van der Waals surface area contributed by atoms with Gasteiger partial charge in [-0.1, -0.05) is 12.1 Å². The number of hydrogen-bond donors (Lipinski definition) is 0. The fraction of sp³-hybridized carbons (Fsp3) is 0.350. The van der Waals surface area contributed by atoms with Gasteiger partial charge in [0.25, 0.3) is 5.56 Å². The Balaban J connectivity index is 1.65. The van der Waals surface area contributed by atoms with E-state index in [-0.39, 0.29) is 5.56 Å². The predicted molar refractivity (Wildman–Crippen MR) is 95.4 cm³/mol. The third-order valence-electron chi connectivity index (χ3n) is 5.49. The summed E-state index contributed by atoms with van der Waals surface area (Å²) in [5.74, 6) is 1.93. The van der Waals surface area contributed by atoms with Crippen LogP contribution in [-0.4, -0.2) is 27.7 Å². The first-order valence-corrected chi connectivity index (χ1v) is 8.82. The second kappa shape index (κ2) is 5.77. The summed E-state index contributed by atoms with van der Waals surface area (Å²) in [5, 5.41) is 0.687. The van der Waals surface area contributed by atoms with Crippen molar-refractivity contribution >= 4 is 10.9 Å². The number of pyridine rings is 1. The van der Waals surface area contributed by atoms with Gasteiger partial charge < -0.3 is 4.74 Å². The standard InChI is InChI=1S/C20H19N3O2/c24-20-16-5-4-13(17-3-1-2-7-21-17)9-18(16)22-19-10-15-12-25-11-14(15)6-8-23(19)20/h1-5,7,9,14-15H,6,8,10-12H2. The molecule has 5 rings (SSSR count). The molecule has 0 aliphatic carbocycles. The van der Waals surface area contributed by atoms with Crippen LogP contribution in [0.15, 0.2) is 47.4 Å². The monoisotopic (exact) mass is 333 g/mol. The minimum absolute atomic E-state index is 0.0773. The van der Waals surface area contributed by atoms with Crippen molar-refractivity contribution in [1.82, 2.24) is 14.5 Å². The van der Waals surface area contributed by atoms with Crippen molar-refractivity contribution in [1.29, 1.82) is 0 Å². The van der Waals surface area contributed by atoms with E-state index in [0.29, 0.717) is 17.2 Å². The lowest BCUT2D eigenvalue weighted by Gasteiger charge is -2.12. The number of ether oxygens (including phenoxy) is 1. The zero-order valence-corrected chi connectivity index (χ0v) is 13.9. The molecule has 2 aliphatic rings. The minimum Gasteiger partial charge on any atom is -0.381 e. The van der Waals surface area contributed by atoms with E-state index in [1.807, 2.05) is 41.0 Å². The van der Waals surface area contributed by atoms with E-state index in [9.17, 15) is 4.79 Å². The van der Waals surface area contributed by atoms with Crippen molar-refractivity contribution in [2.75, 3.05) is 13.2 Å². The van der Waals surface area contributed by atoms with Gasteiger partial charge >= 0.3 is 0 Å². The molecular formula is C20H19N3O2. The molecule has 2 aliphatic heterocycles. The second-order valence-corrected chi connectivity index (χ2v) is 6.98. The number of rotatable bonds is 1. The summed E-state index contributed by atoms with van der Waals surface area (Å²) in [6.45, 7) is 2.34. The van der Waals surface area contributed by atoms with Crippen LogP contribution < -0.4 is 5.56 Å². The van der Waals surface area contributed by atoms with Crippen LogP contribution in [0.2, 0.25) is 0 Å². The SMILES string of the molecule is O=c1c2ccc(-c3ccccn3)cc2nc2n1CCC1COCC1C2. The summed E-state index contributed by atoms with van der Waals surface area (Å²) in [6, 6.07) is 11.7. The summed E-state index contributed by atoms with van der Waals surface area (Å²) in [7, 11) is 0. The molecule has 0 radical (unpaired) electrons. The van der Waals surface area contributed by atoms with Gasteiger partial charge in [-0.2, -0.15) is 0 Å². The molecule has 4 heterocycles. The lowest BCUT2D eigenvalue weighted by molar-refractivity contribution is 0.177. The molecule has 5 nitrogen and oxygen atoms in total. The Bertz CT molecular complexity index is 997. The van der Waals surface area contributed by atoms with Crippen LogP contribution in [0.25, 0.3) is 22.2 Å². The van der Waals surface area contributed by atoms with E-state index < -0.39 is 0 Å². The molecule has 1 fully saturated rings. The highest BCUT2D eigenvalue weighted by Gasteiger charge is 2.32. The van der Waals surface area contributed by atoms with E-state index in [2.05, 4.69) is 4.98 Å². The molecule has 0 saturated carbocycles. The van der Waals surface area contributed by atoms with Crippen molar-refractivity contribution < 1.29 is 4.74 Å². The zero-order valence-electron chi connectivity index (χ0n) is 13.9. The Hall–Kier alpha value is -2.53. The highest BCUT2D eigenvalue weighted by molar-refractivity contribution is 5.83. The Morgan fingerprint density at radius 2 is 2.04 bits per heavy atom. The summed E-state index contributed by atoms with van der Waals surface area (Å²) < 4.78 is 7.51. The number of fused-ring (bicyclic) bond motifs is 3. The Morgan fingerprint density at radius 1 is 1.12 bits per heavy atom. The van der Waals surface area contributed by atoms with Crippen LogP contribution in [0.3, 0.4) is 0 Å². The number of hydrogen-bond acceptors (Lipinski definition) is 4. The van der Waals surface area contributed by atoms with E-state index in [4.69, 9.17) is 9.72 Å². The summed E-state index contributed by atoms with van der Waals surface area (Å²) in [4.78, 5) is 22.2. The highest BCUT2D eigenvalue weighted by Crippen LogP contribution is 2.30. The normalized spacial score (nSPS) is 22.4. The molecule has 2 unspecified atom stereocenters. The summed E-state index contributed by atoms with van der Waals surface area (Å²) in [5.41, 5.74) is 2.72. The van der Waals surface area contributed by atoms with Gasteiger partial charge in [0.2, 0.25) is 0 Å². The molecular weight excluding hydrogens is 314 g/mol. The largest absolute Gasteiger partial charge is 0.381 e. The second-order valence-electron chi connectivity index (χ2n) is 6.98. The minimum atomic E-state index is 0.0773. The van der Waals surface area contributed by atoms with Crippen LogP contribution in [0.5, 0.6) is 0 Å². The first kappa shape index (κ1) is 14.8. The van der Waals surface area contributed by atoms with Gasteiger partial charge in [-0.25, -0.2) is 4.98 Å². The fourth-order valence-electron chi connectivity index (χ4n) is 4.06. The summed E-state index contributed by atoms with van der Waals surface area (Å²) >= 11 is 0. The Morgan fingerprint density at radius 3 is 2.92 bits per heavy atom. The molecule has 0 spiro atoms. The first-order valence-electron chi connectivity index (χ1n) is 8.82. The van der Waals surface area contributed by atoms with Crippen molar-refractivity contribution in [3.8, 4) is 11.3 Å². The van der Waals surface area contributed by atoms with Crippen molar-refractivity contribution in [3.63, 3.8) is 0 Å². The van der Waals surface area contributed by atoms with Crippen molar-refractivity contribution in [2.24, 2.45) is 11.8 Å². The van der Waals surface area contributed by atoms with Gasteiger partial charge in [0, 0.05) is 31.3 Å². The molecule has 1 aromatic carbocycles. The first-order chi connectivity index (χ1) is 12.3. The Labute approximate surface area is 145 Å². The molecule has 3 aromatic rings. The molecule has 2 atom stereocenters. The highest BCUT2D eigenvalue weighted by atomic mass is 16.5. The van der Waals surface area contributed by atoms with Crippen LogP contribution in [0.4, 0.5) is 0 Å². The van der Waals surface area contributed by atoms with E-state index >= 15 is 0 Å². The van der Waals surface area contributed by atoms with Gasteiger partial charge in [-0.15, -0.1) is 0 Å². The van der Waals surface area contributed by atoms with Crippen LogP contribution in [0.1, 0.15) is 12.2 Å². The van der Waals surface area contributed by atoms with Crippen LogP contribution in [0, 0.1) is 11.8 Å². The van der Waals surface area contributed by atoms with Crippen LogP contribution in [-0.2, 0) is 17.7 Å². The molecule has 0 amide bonds. The molecule has 0 bridgehead atoms. The maximum atomic E-state index is 13.0. The maximum absolute atomic E-state index is 13.0. The fourth-order valence-corrected chi connectivity index (χ4v) is 4.06. The maximum Gasteiger partial charge on any atom is 0.261 e. The molecule has 2 aromatic heterocycles. The molecule has 126 valence electrons. The van der Waals surface area contributed by atoms with Gasteiger partial charge in [-0.3, -0.25) is 14.3 Å².